The first kappa shape index (κ1) is 49.0. The molecule has 2 unspecified atom stereocenters. The lowest BCUT2D eigenvalue weighted by Crippen LogP contribution is -2.50. The summed E-state index contributed by atoms with van der Waals surface area (Å²) in [6.07, 6.45) is 41.2. The van der Waals surface area contributed by atoms with Crippen LogP contribution in [0, 0.1) is 0 Å². The fourth-order valence-corrected chi connectivity index (χ4v) is 5.54. The molecule has 0 spiro atoms. The maximum atomic E-state index is 12.6. The summed E-state index contributed by atoms with van der Waals surface area (Å²) in [6.45, 7) is 4.54. The Kier molecular flexibility index (Phi) is 33.1. The number of hydrogen-bond acceptors (Lipinski definition) is 6. The van der Waals surface area contributed by atoms with Crippen LogP contribution < -0.4 is 0 Å². The Labute approximate surface area is 318 Å². The van der Waals surface area contributed by atoms with E-state index in [-0.39, 0.29) is 42.7 Å². The van der Waals surface area contributed by atoms with E-state index in [1.54, 1.807) is 0 Å². The maximum absolute atomic E-state index is 12.6. The number of carbonyl (C=O) groups is 3. The van der Waals surface area contributed by atoms with Crippen molar-refractivity contribution < 1.29 is 38.2 Å². The van der Waals surface area contributed by atoms with Gasteiger partial charge in [-0.05, 0) is 51.4 Å². The molecule has 0 aromatic carbocycles. The highest BCUT2D eigenvalue weighted by Gasteiger charge is 2.31. The number of ether oxygens (including phenoxy) is 3. The second-order valence-electron chi connectivity index (χ2n) is 14.5. The summed E-state index contributed by atoms with van der Waals surface area (Å²) in [7, 11) is 5.50. The third kappa shape index (κ3) is 32.9. The largest absolute Gasteiger partial charge is 0.477 e. The summed E-state index contributed by atoms with van der Waals surface area (Å²) in [6, 6.07) is -0.622. The fraction of sp³-hybridized carbons (Fsp3) is 0.705. The van der Waals surface area contributed by atoms with Gasteiger partial charge in [0.2, 0.25) is 0 Å². The molecule has 0 rings (SSSR count). The van der Waals surface area contributed by atoms with Gasteiger partial charge < -0.3 is 23.8 Å². The molecule has 1 N–H and O–H groups in total. The van der Waals surface area contributed by atoms with Gasteiger partial charge in [0.05, 0.1) is 34.4 Å². The lowest BCUT2D eigenvalue weighted by Gasteiger charge is -2.31. The van der Waals surface area contributed by atoms with Crippen molar-refractivity contribution in [3.05, 3.63) is 60.8 Å². The van der Waals surface area contributed by atoms with Gasteiger partial charge in [-0.1, -0.05) is 139 Å². The van der Waals surface area contributed by atoms with E-state index >= 15 is 0 Å². The van der Waals surface area contributed by atoms with E-state index in [0.717, 1.165) is 57.8 Å². The highest BCUT2D eigenvalue weighted by molar-refractivity contribution is 5.72. The van der Waals surface area contributed by atoms with E-state index in [1.165, 1.54) is 51.4 Å². The van der Waals surface area contributed by atoms with E-state index < -0.39 is 18.1 Å². The van der Waals surface area contributed by atoms with E-state index in [2.05, 4.69) is 74.6 Å². The number of aliphatic carboxylic acids is 1. The van der Waals surface area contributed by atoms with Crippen LogP contribution in [0.3, 0.4) is 0 Å². The minimum absolute atomic E-state index is 0.0425. The number of esters is 2. The van der Waals surface area contributed by atoms with Crippen molar-refractivity contribution in [1.29, 1.82) is 0 Å². The van der Waals surface area contributed by atoms with Crippen molar-refractivity contribution in [3.63, 3.8) is 0 Å². The Morgan fingerprint density at radius 1 is 0.596 bits per heavy atom. The molecule has 0 saturated heterocycles. The van der Waals surface area contributed by atoms with Gasteiger partial charge >= 0.3 is 17.9 Å². The summed E-state index contributed by atoms with van der Waals surface area (Å²) < 4.78 is 17.2. The average Bonchev–Trinajstić information content (AvgIpc) is 3.09. The van der Waals surface area contributed by atoms with Crippen LogP contribution in [0.1, 0.15) is 149 Å². The Bertz CT molecular complexity index is 1040. The number of rotatable bonds is 35. The van der Waals surface area contributed by atoms with E-state index in [9.17, 15) is 19.5 Å². The smallest absolute Gasteiger partial charge is 0.362 e. The van der Waals surface area contributed by atoms with Crippen LogP contribution in [-0.2, 0) is 28.6 Å². The first-order valence-electron chi connectivity index (χ1n) is 20.3. The van der Waals surface area contributed by atoms with Crippen LogP contribution in [0.15, 0.2) is 60.8 Å². The molecule has 0 fully saturated rings. The predicted octanol–water partition coefficient (Wildman–Crippen LogP) is 10.6. The lowest BCUT2D eigenvalue weighted by atomic mass is 10.1. The third-order valence-corrected chi connectivity index (χ3v) is 8.68. The molecule has 8 nitrogen and oxygen atoms in total. The number of carboxylic acids is 1. The molecule has 2 atom stereocenters. The van der Waals surface area contributed by atoms with Gasteiger partial charge in [0.15, 0.2) is 12.1 Å². The van der Waals surface area contributed by atoms with Gasteiger partial charge in [0.1, 0.15) is 6.61 Å². The molecule has 0 aromatic heterocycles. The molecule has 0 aliphatic heterocycles. The standard InChI is InChI=1S/C44H75NO7/c1-6-8-10-12-14-16-18-19-20-21-22-23-25-26-28-30-32-34-42(46)51-39-40(38-50-37-36-41(44(48)49)45(3,4)5)52-43(47)35-33-31-29-27-24-17-15-13-11-9-7-2/h8,10,14,16,19-20,22-23,26,28,40-41H,6-7,9,11-13,15,17-18,21,24-25,27,29-39H2,1-5H3/p+1/b10-8+,16-14+,20-19+,23-22+,28-26+. The molecule has 0 amide bonds. The number of nitrogens with zero attached hydrogens (tertiary/aromatic N) is 1. The molecular formula is C44H76NO7+. The van der Waals surface area contributed by atoms with Crippen molar-refractivity contribution in [1.82, 2.24) is 0 Å². The number of likely N-dealkylation sites (N-methyl/N-ethyl adjacent to an activating group) is 1. The first-order chi connectivity index (χ1) is 25.1. The van der Waals surface area contributed by atoms with Crippen molar-refractivity contribution in [2.45, 2.75) is 161 Å². The summed E-state index contributed by atoms with van der Waals surface area (Å²) in [5, 5.41) is 9.59. The van der Waals surface area contributed by atoms with Gasteiger partial charge in [-0.25, -0.2) is 4.79 Å². The average molecular weight is 731 g/mol. The number of unbranched alkanes of at least 4 members (excludes halogenated alkanes) is 11. The van der Waals surface area contributed by atoms with Crippen LogP contribution in [0.25, 0.3) is 0 Å². The Hall–Kier alpha value is -2.97. The van der Waals surface area contributed by atoms with Gasteiger partial charge in [-0.2, -0.15) is 0 Å². The van der Waals surface area contributed by atoms with Gasteiger partial charge in [0, 0.05) is 19.3 Å². The molecule has 52 heavy (non-hydrogen) atoms. The van der Waals surface area contributed by atoms with Crippen LogP contribution >= 0.6 is 0 Å². The summed E-state index contributed by atoms with van der Waals surface area (Å²) in [4.78, 5) is 36.8. The number of hydrogen-bond donors (Lipinski definition) is 1. The third-order valence-electron chi connectivity index (χ3n) is 8.68. The fourth-order valence-electron chi connectivity index (χ4n) is 5.54. The minimum Gasteiger partial charge on any atom is -0.477 e. The molecule has 298 valence electrons. The maximum Gasteiger partial charge on any atom is 0.362 e. The van der Waals surface area contributed by atoms with Crippen LogP contribution in [0.2, 0.25) is 0 Å². The molecule has 0 saturated carbocycles. The first-order valence-corrected chi connectivity index (χ1v) is 20.3. The summed E-state index contributed by atoms with van der Waals surface area (Å²) >= 11 is 0. The Balaban J connectivity index is 4.48. The molecule has 0 heterocycles. The second-order valence-corrected chi connectivity index (χ2v) is 14.5. The molecule has 0 aliphatic carbocycles. The topological polar surface area (TPSA) is 99.1 Å². The van der Waals surface area contributed by atoms with E-state index in [4.69, 9.17) is 14.2 Å². The molecule has 0 radical (unpaired) electrons. The Morgan fingerprint density at radius 3 is 1.58 bits per heavy atom. The van der Waals surface area contributed by atoms with Gasteiger partial charge in [-0.3, -0.25) is 9.59 Å². The van der Waals surface area contributed by atoms with Crippen molar-refractivity contribution in [2.75, 3.05) is 41.0 Å². The predicted molar refractivity (Wildman–Crippen MR) is 215 cm³/mol. The van der Waals surface area contributed by atoms with Crippen LogP contribution in [0.4, 0.5) is 0 Å². The van der Waals surface area contributed by atoms with Gasteiger partial charge in [-0.15, -0.1) is 0 Å². The highest BCUT2D eigenvalue weighted by atomic mass is 16.6. The van der Waals surface area contributed by atoms with Crippen LogP contribution in [-0.4, -0.2) is 80.6 Å². The molecular weight excluding hydrogens is 654 g/mol. The SMILES string of the molecule is CC/C=C/C/C=C/C/C=C/C/C=C/C/C=C/CCCC(=O)OCC(COCCC(C(=O)O)[N+](C)(C)C)OC(=O)CCCCCCCCCCCCC. The summed E-state index contributed by atoms with van der Waals surface area (Å²) in [5.41, 5.74) is 0. The molecule has 0 aliphatic rings. The number of carboxylic acid groups (broad SMARTS) is 1. The molecule has 0 aromatic rings. The summed E-state index contributed by atoms with van der Waals surface area (Å²) in [5.74, 6) is -1.55. The Morgan fingerprint density at radius 2 is 1.08 bits per heavy atom. The number of quaternary nitrogens is 1. The zero-order chi connectivity index (χ0) is 38.5. The highest BCUT2D eigenvalue weighted by Crippen LogP contribution is 2.13. The van der Waals surface area contributed by atoms with Crippen molar-refractivity contribution in [3.8, 4) is 0 Å². The molecule has 0 bridgehead atoms. The lowest BCUT2D eigenvalue weighted by molar-refractivity contribution is -0.887. The van der Waals surface area contributed by atoms with Crippen molar-refractivity contribution >= 4 is 17.9 Å². The van der Waals surface area contributed by atoms with E-state index in [0.29, 0.717) is 19.3 Å². The zero-order valence-corrected chi connectivity index (χ0v) is 33.7. The van der Waals surface area contributed by atoms with E-state index in [1.807, 2.05) is 21.1 Å². The minimum atomic E-state index is -0.885. The quantitative estimate of drug-likeness (QED) is 0.0300. The zero-order valence-electron chi connectivity index (χ0n) is 33.7. The van der Waals surface area contributed by atoms with Crippen molar-refractivity contribution in [2.24, 2.45) is 0 Å². The van der Waals surface area contributed by atoms with Crippen LogP contribution in [0.5, 0.6) is 0 Å². The number of carbonyl (C=O) groups excluding carboxylic acids is 2. The number of allylic oxidation sites excluding steroid dienone is 10. The molecule has 8 heteroatoms. The monoisotopic (exact) mass is 731 g/mol. The second kappa shape index (κ2) is 35.1. The van der Waals surface area contributed by atoms with Gasteiger partial charge in [0.25, 0.3) is 0 Å². The normalized spacial score (nSPS) is 13.6.